The van der Waals surface area contributed by atoms with Crippen LogP contribution in [0.2, 0.25) is 0 Å². The topological polar surface area (TPSA) is 129 Å². The third-order valence-electron chi connectivity index (χ3n) is 8.74. The van der Waals surface area contributed by atoms with Crippen molar-refractivity contribution < 1.29 is 13.9 Å². The SMILES string of the molecule is CC(C)(C)OC(=O)N1CCC(N[C@H]2CCc3cc(-n4c(-c5cccnc5N)nc5ccc(-n6cccn6)nc54)ccc32)C(C)(F)C1. The molecule has 5 aromatic rings. The van der Waals surface area contributed by atoms with E-state index < -0.39 is 23.4 Å². The summed E-state index contributed by atoms with van der Waals surface area (Å²) >= 11 is 0. The number of benzene rings is 1. The third kappa shape index (κ3) is 5.57. The number of amides is 1. The van der Waals surface area contributed by atoms with Crippen molar-refractivity contribution in [3.05, 3.63) is 78.2 Å². The number of likely N-dealkylation sites (tertiary alicyclic amines) is 1. The van der Waals surface area contributed by atoms with E-state index in [1.165, 1.54) is 10.5 Å². The van der Waals surface area contributed by atoms with E-state index in [0.717, 1.165) is 24.1 Å². The number of hydrogen-bond acceptors (Lipinski definition) is 8. The highest BCUT2D eigenvalue weighted by molar-refractivity contribution is 5.83. The van der Waals surface area contributed by atoms with Gasteiger partial charge in [0, 0.05) is 42.9 Å². The van der Waals surface area contributed by atoms with Crippen LogP contribution in [0.5, 0.6) is 0 Å². The zero-order chi connectivity index (χ0) is 32.2. The van der Waals surface area contributed by atoms with Gasteiger partial charge in [-0.3, -0.25) is 4.57 Å². The van der Waals surface area contributed by atoms with Gasteiger partial charge in [-0.05, 0) is 101 Å². The van der Waals surface area contributed by atoms with E-state index in [-0.39, 0.29) is 12.6 Å². The molecule has 2 unspecified atom stereocenters. The third-order valence-corrected chi connectivity index (χ3v) is 8.74. The molecule has 46 heavy (non-hydrogen) atoms. The largest absolute Gasteiger partial charge is 0.444 e. The molecule has 3 N–H and O–H groups in total. The van der Waals surface area contributed by atoms with Crippen molar-refractivity contribution in [1.29, 1.82) is 0 Å². The number of carbonyl (C=O) groups excluding carboxylic acids is 1. The van der Waals surface area contributed by atoms with Gasteiger partial charge in [-0.1, -0.05) is 6.07 Å². The summed E-state index contributed by atoms with van der Waals surface area (Å²) in [5.41, 5.74) is 9.41. The maximum atomic E-state index is 16.0. The highest BCUT2D eigenvalue weighted by Crippen LogP contribution is 2.38. The maximum Gasteiger partial charge on any atom is 0.410 e. The van der Waals surface area contributed by atoms with Gasteiger partial charge in [0.2, 0.25) is 0 Å². The highest BCUT2D eigenvalue weighted by atomic mass is 19.1. The van der Waals surface area contributed by atoms with Crippen LogP contribution < -0.4 is 11.1 Å². The fraction of sp³-hybridized carbons (Fsp3) is 0.382. The average molecular weight is 624 g/mol. The Labute approximate surface area is 266 Å². The first-order valence-corrected chi connectivity index (χ1v) is 15.6. The fourth-order valence-electron chi connectivity index (χ4n) is 6.56. The molecule has 2 aliphatic rings. The summed E-state index contributed by atoms with van der Waals surface area (Å²) in [5.74, 6) is 1.69. The van der Waals surface area contributed by atoms with Gasteiger partial charge in [-0.25, -0.2) is 28.8 Å². The number of alkyl halides is 1. The van der Waals surface area contributed by atoms with E-state index in [4.69, 9.17) is 20.4 Å². The van der Waals surface area contributed by atoms with Crippen LogP contribution in [0.25, 0.3) is 34.1 Å². The number of anilines is 1. The normalized spacial score (nSPS) is 21.5. The molecule has 7 rings (SSSR count). The average Bonchev–Trinajstić information content (AvgIpc) is 3.76. The molecule has 1 aliphatic heterocycles. The smallest absolute Gasteiger partial charge is 0.410 e. The number of aryl methyl sites for hydroxylation is 1. The maximum absolute atomic E-state index is 16.0. The second-order valence-electron chi connectivity index (χ2n) is 13.3. The number of nitrogens with one attached hydrogen (secondary N) is 1. The number of ether oxygens (including phenoxy) is 1. The van der Waals surface area contributed by atoms with E-state index >= 15 is 4.39 Å². The number of nitrogens with two attached hydrogens (primary N) is 1. The predicted molar refractivity (Wildman–Crippen MR) is 174 cm³/mol. The summed E-state index contributed by atoms with van der Waals surface area (Å²) in [7, 11) is 0. The Morgan fingerprint density at radius 1 is 1.11 bits per heavy atom. The first kappa shape index (κ1) is 29.8. The summed E-state index contributed by atoms with van der Waals surface area (Å²) in [6.07, 6.45) is 6.93. The van der Waals surface area contributed by atoms with Crippen LogP contribution in [0.3, 0.4) is 0 Å². The molecule has 238 valence electrons. The lowest BCUT2D eigenvalue weighted by Crippen LogP contribution is -2.59. The minimum atomic E-state index is -1.61. The molecule has 5 heterocycles. The Morgan fingerprint density at radius 2 is 1.96 bits per heavy atom. The van der Waals surface area contributed by atoms with Gasteiger partial charge >= 0.3 is 6.09 Å². The summed E-state index contributed by atoms with van der Waals surface area (Å²) in [6, 6.07) is 15.3. The van der Waals surface area contributed by atoms with E-state index in [2.05, 4.69) is 33.6 Å². The van der Waals surface area contributed by atoms with E-state index in [1.807, 2.05) is 61.9 Å². The number of imidazole rings is 1. The standard InChI is InChI=1S/C34H38FN9O2/c1-33(2,3)46-32(45)42-18-14-27(34(4,35)20-42)39-25-11-8-21-19-22(9-10-23(21)25)44-30(24-7-5-15-37-29(24)36)40-26-12-13-28(41-31(26)44)43-17-6-16-38-43/h5-7,9-10,12-13,15-17,19,25,27,39H,8,11,14,18,20H2,1-4H3,(H2,36,37)/t25-,27?,34?/m0/s1. The van der Waals surface area contributed by atoms with Gasteiger partial charge in [0.05, 0.1) is 12.1 Å². The Hall–Kier alpha value is -4.84. The molecule has 0 saturated carbocycles. The van der Waals surface area contributed by atoms with Crippen molar-refractivity contribution in [2.24, 2.45) is 0 Å². The zero-order valence-electron chi connectivity index (χ0n) is 26.4. The Balaban J connectivity index is 1.19. The van der Waals surface area contributed by atoms with Crippen LogP contribution in [-0.4, -0.2) is 70.7 Å². The number of carbonyl (C=O) groups is 1. The van der Waals surface area contributed by atoms with Crippen molar-refractivity contribution in [2.45, 2.75) is 70.3 Å². The highest BCUT2D eigenvalue weighted by Gasteiger charge is 2.44. The lowest BCUT2D eigenvalue weighted by atomic mass is 9.89. The zero-order valence-corrected chi connectivity index (χ0v) is 26.4. The molecule has 1 fully saturated rings. The second-order valence-corrected chi connectivity index (χ2v) is 13.3. The number of halogens is 1. The number of hydrogen-bond donors (Lipinski definition) is 2. The first-order valence-electron chi connectivity index (χ1n) is 15.6. The molecule has 1 saturated heterocycles. The minimum absolute atomic E-state index is 0.00489. The molecule has 1 amide bonds. The molecule has 1 aromatic carbocycles. The molecule has 4 aromatic heterocycles. The molecule has 11 nitrogen and oxygen atoms in total. The van der Waals surface area contributed by atoms with Crippen molar-refractivity contribution in [3.8, 4) is 22.9 Å². The van der Waals surface area contributed by atoms with Gasteiger partial charge in [0.25, 0.3) is 0 Å². The second kappa shape index (κ2) is 11.2. The van der Waals surface area contributed by atoms with Crippen LogP contribution in [0, 0.1) is 0 Å². The van der Waals surface area contributed by atoms with Crippen LogP contribution in [-0.2, 0) is 11.2 Å². The molecular formula is C34H38FN9O2. The van der Waals surface area contributed by atoms with Crippen LogP contribution in [0.4, 0.5) is 15.0 Å². The van der Waals surface area contributed by atoms with Crippen molar-refractivity contribution in [2.75, 3.05) is 18.8 Å². The molecule has 0 spiro atoms. The summed E-state index contributed by atoms with van der Waals surface area (Å²) in [4.78, 5) is 28.3. The quantitative estimate of drug-likeness (QED) is 0.260. The van der Waals surface area contributed by atoms with Gasteiger partial charge in [-0.2, -0.15) is 5.10 Å². The number of pyridine rings is 2. The monoisotopic (exact) mass is 623 g/mol. The number of nitrogens with zero attached hydrogens (tertiary/aromatic N) is 7. The summed E-state index contributed by atoms with van der Waals surface area (Å²) < 4.78 is 25.3. The fourth-order valence-corrected chi connectivity index (χ4v) is 6.56. The van der Waals surface area contributed by atoms with Crippen LogP contribution in [0.15, 0.2) is 67.1 Å². The van der Waals surface area contributed by atoms with Crippen molar-refractivity contribution >= 4 is 23.1 Å². The summed E-state index contributed by atoms with van der Waals surface area (Å²) in [6.45, 7) is 7.44. The van der Waals surface area contributed by atoms with Gasteiger partial charge in [0.1, 0.15) is 22.6 Å². The number of fused-ring (bicyclic) bond motifs is 2. The van der Waals surface area contributed by atoms with E-state index in [0.29, 0.717) is 47.2 Å². The number of nitrogen functional groups attached to an aromatic ring is 1. The molecular weight excluding hydrogens is 585 g/mol. The Bertz CT molecular complexity index is 1910. The molecule has 3 atom stereocenters. The molecule has 0 bridgehead atoms. The lowest BCUT2D eigenvalue weighted by molar-refractivity contribution is -0.0137. The van der Waals surface area contributed by atoms with Gasteiger partial charge in [0.15, 0.2) is 17.3 Å². The number of piperidine rings is 1. The number of rotatable bonds is 5. The van der Waals surface area contributed by atoms with Crippen LogP contribution in [0.1, 0.15) is 57.7 Å². The molecule has 1 aliphatic carbocycles. The Kier molecular flexibility index (Phi) is 7.27. The minimum Gasteiger partial charge on any atom is -0.444 e. The van der Waals surface area contributed by atoms with E-state index in [9.17, 15) is 4.79 Å². The predicted octanol–water partition coefficient (Wildman–Crippen LogP) is 5.56. The first-order chi connectivity index (χ1) is 22.0. The van der Waals surface area contributed by atoms with Crippen molar-refractivity contribution in [1.82, 2.24) is 39.5 Å². The lowest BCUT2D eigenvalue weighted by Gasteiger charge is -2.42. The molecule has 0 radical (unpaired) electrons. The molecule has 12 heteroatoms. The van der Waals surface area contributed by atoms with Crippen LogP contribution >= 0.6 is 0 Å². The van der Waals surface area contributed by atoms with Gasteiger partial charge in [-0.15, -0.1) is 0 Å². The van der Waals surface area contributed by atoms with Crippen molar-refractivity contribution in [3.63, 3.8) is 0 Å². The summed E-state index contributed by atoms with van der Waals surface area (Å²) in [5, 5.41) is 7.95. The van der Waals surface area contributed by atoms with E-state index in [1.54, 1.807) is 24.0 Å². The Morgan fingerprint density at radius 3 is 2.70 bits per heavy atom. The van der Waals surface area contributed by atoms with Gasteiger partial charge < -0.3 is 20.7 Å². The number of aromatic nitrogens is 6.